The average molecular weight is 595 g/mol. The Balaban J connectivity index is 1.59. The van der Waals surface area contributed by atoms with Crippen molar-refractivity contribution in [2.24, 2.45) is 0 Å². The lowest BCUT2D eigenvalue weighted by Gasteiger charge is -2.27. The van der Waals surface area contributed by atoms with Crippen LogP contribution in [0.15, 0.2) is 45.8 Å². The van der Waals surface area contributed by atoms with Gasteiger partial charge in [0.25, 0.3) is 6.43 Å². The lowest BCUT2D eigenvalue weighted by molar-refractivity contribution is 0.150. The van der Waals surface area contributed by atoms with Gasteiger partial charge in [0.1, 0.15) is 22.5 Å². The predicted octanol–water partition coefficient (Wildman–Crippen LogP) is 5.04. The molecule has 1 saturated carbocycles. The van der Waals surface area contributed by atoms with Crippen molar-refractivity contribution in [3.05, 3.63) is 51.4 Å². The van der Waals surface area contributed by atoms with Crippen LogP contribution in [0.5, 0.6) is 5.75 Å². The first kappa shape index (κ1) is 24.7. The van der Waals surface area contributed by atoms with Gasteiger partial charge in [0.2, 0.25) is 10.0 Å². The zero-order chi connectivity index (χ0) is 25.7. The van der Waals surface area contributed by atoms with Crippen molar-refractivity contribution in [1.29, 1.82) is 5.26 Å². The number of fused-ring (bicyclic) bond motifs is 1. The zero-order valence-corrected chi connectivity index (χ0v) is 21.8. The molecule has 2 aromatic heterocycles. The molecule has 0 aliphatic heterocycles. The van der Waals surface area contributed by atoms with E-state index in [-0.39, 0.29) is 22.1 Å². The normalized spacial score (nSPS) is 14.9. The number of aromatic nitrogens is 4. The second kappa shape index (κ2) is 9.15. The molecular weight excluding hydrogens is 578 g/mol. The molecule has 1 aliphatic carbocycles. The van der Waals surface area contributed by atoms with Crippen molar-refractivity contribution in [2.45, 2.75) is 36.2 Å². The number of H-pyrrole nitrogens is 1. The molecule has 0 bridgehead atoms. The van der Waals surface area contributed by atoms with Crippen LogP contribution in [0.2, 0.25) is 0 Å². The summed E-state index contributed by atoms with van der Waals surface area (Å²) in [7, 11) is -2.63. The summed E-state index contributed by atoms with van der Waals surface area (Å²) < 4.78 is 60.7. The van der Waals surface area contributed by atoms with Crippen LogP contribution in [0.4, 0.5) is 8.78 Å². The molecule has 0 atom stereocenters. The second-order valence-corrected chi connectivity index (χ2v) is 11.9. The maximum absolute atomic E-state index is 13.9. The molecule has 0 radical (unpaired) electrons. The van der Waals surface area contributed by atoms with E-state index < -0.39 is 27.0 Å². The summed E-state index contributed by atoms with van der Waals surface area (Å²) in [6.45, 7) is -0.0120. The highest BCUT2D eigenvalue weighted by atomic mass is 79.9. The van der Waals surface area contributed by atoms with Gasteiger partial charge in [0.15, 0.2) is 10.0 Å². The fourth-order valence-corrected chi connectivity index (χ4v) is 7.01. The molecule has 5 rings (SSSR count). The van der Waals surface area contributed by atoms with Gasteiger partial charge >= 0.3 is 0 Å². The van der Waals surface area contributed by atoms with Crippen LogP contribution in [0.1, 0.15) is 29.8 Å². The first-order valence-electron chi connectivity index (χ1n) is 10.5. The summed E-state index contributed by atoms with van der Waals surface area (Å²) in [6.07, 6.45) is -1.94. The second-order valence-electron chi connectivity index (χ2n) is 8.15. The monoisotopic (exact) mass is 594 g/mol. The number of sulfonamides is 1. The molecule has 1 N–H and O–H groups in total. The van der Waals surface area contributed by atoms with Gasteiger partial charge in [-0.25, -0.2) is 17.2 Å². The van der Waals surface area contributed by atoms with Gasteiger partial charge in [0.05, 0.1) is 18.1 Å². The molecule has 14 heteroatoms. The SMILES string of the molecule is COc1ccc(CN(C2(C#N)CC2)S(=O)(=O)c2cc(Br)c3n[nH]c(-c4nnc(C(F)F)s4)c3c2)cc1. The number of ether oxygens (including phenoxy) is 1. The van der Waals surface area contributed by atoms with E-state index in [1.165, 1.54) is 23.5 Å². The summed E-state index contributed by atoms with van der Waals surface area (Å²) in [4.78, 5) is -0.0711. The quantitative estimate of drug-likeness (QED) is 0.303. The fraction of sp³-hybridized carbons (Fsp3) is 0.273. The third-order valence-electron chi connectivity index (χ3n) is 5.91. The van der Waals surface area contributed by atoms with Gasteiger partial charge in [-0.1, -0.05) is 23.5 Å². The average Bonchev–Trinajstić information content (AvgIpc) is 3.27. The lowest BCUT2D eigenvalue weighted by atomic mass is 10.2. The lowest BCUT2D eigenvalue weighted by Crippen LogP contribution is -2.40. The van der Waals surface area contributed by atoms with E-state index in [0.717, 1.165) is 0 Å². The number of nitrogens with one attached hydrogen (secondary N) is 1. The molecule has 36 heavy (non-hydrogen) atoms. The van der Waals surface area contributed by atoms with Crippen LogP contribution >= 0.6 is 27.3 Å². The molecule has 4 aromatic rings. The Bertz CT molecular complexity index is 1590. The highest BCUT2D eigenvalue weighted by Crippen LogP contribution is 2.46. The third-order valence-corrected chi connectivity index (χ3v) is 9.35. The van der Waals surface area contributed by atoms with Gasteiger partial charge < -0.3 is 4.74 Å². The van der Waals surface area contributed by atoms with E-state index in [4.69, 9.17) is 4.74 Å². The molecule has 0 spiro atoms. The van der Waals surface area contributed by atoms with E-state index >= 15 is 0 Å². The van der Waals surface area contributed by atoms with Gasteiger partial charge in [-0.15, -0.1) is 10.2 Å². The largest absolute Gasteiger partial charge is 0.497 e. The molecule has 1 aliphatic rings. The Labute approximate surface area is 216 Å². The molecular formula is C22H17BrF2N6O3S2. The highest BCUT2D eigenvalue weighted by Gasteiger charge is 2.54. The van der Waals surface area contributed by atoms with Gasteiger partial charge in [-0.2, -0.15) is 14.7 Å². The van der Waals surface area contributed by atoms with E-state index in [1.54, 1.807) is 24.3 Å². The first-order valence-corrected chi connectivity index (χ1v) is 13.6. The molecule has 0 saturated heterocycles. The Morgan fingerprint density at radius 2 is 2.00 bits per heavy atom. The summed E-state index contributed by atoms with van der Waals surface area (Å²) in [5.41, 5.74) is 0.222. The number of benzene rings is 2. The summed E-state index contributed by atoms with van der Waals surface area (Å²) in [5, 5.41) is 24.2. The minimum absolute atomic E-state index is 0.0120. The summed E-state index contributed by atoms with van der Waals surface area (Å²) in [5.74, 6) is 0.628. The van der Waals surface area contributed by atoms with Crippen molar-refractivity contribution >= 4 is 48.2 Å². The van der Waals surface area contributed by atoms with E-state index in [9.17, 15) is 22.5 Å². The third kappa shape index (κ3) is 4.26. The fourth-order valence-electron chi connectivity index (χ4n) is 3.81. The minimum Gasteiger partial charge on any atom is -0.497 e. The molecule has 186 valence electrons. The molecule has 2 heterocycles. The topological polar surface area (TPSA) is 125 Å². The Hall–Kier alpha value is -2.99. The number of methoxy groups -OCH3 is 1. The van der Waals surface area contributed by atoms with Crippen LogP contribution in [-0.2, 0) is 16.6 Å². The molecule has 0 amide bonds. The van der Waals surface area contributed by atoms with Gasteiger partial charge in [-0.3, -0.25) is 5.10 Å². The number of hydrogen-bond acceptors (Lipinski definition) is 8. The van der Waals surface area contributed by atoms with Crippen LogP contribution in [-0.4, -0.2) is 45.8 Å². The van der Waals surface area contributed by atoms with Gasteiger partial charge in [0, 0.05) is 16.4 Å². The molecule has 9 nitrogen and oxygen atoms in total. The maximum atomic E-state index is 13.9. The Morgan fingerprint density at radius 3 is 2.58 bits per heavy atom. The van der Waals surface area contributed by atoms with Crippen molar-refractivity contribution in [2.75, 3.05) is 7.11 Å². The van der Waals surface area contributed by atoms with E-state index in [1.807, 2.05) is 0 Å². The van der Waals surface area contributed by atoms with Crippen molar-refractivity contribution in [3.8, 4) is 22.5 Å². The Morgan fingerprint density at radius 1 is 1.28 bits per heavy atom. The standard InChI is InChI=1S/C22H17BrF2N6O3S2/c1-34-13-4-2-12(3-5-13)10-31(22(11-26)6-7-22)36(32,33)14-8-15-17(16(23)9-14)27-28-18(15)20-29-30-21(35-20)19(24)25/h2-5,8-9,19H,6-7,10H2,1H3,(H,27,28). The number of aromatic amines is 1. The smallest absolute Gasteiger partial charge is 0.291 e. The van der Waals surface area contributed by atoms with Crippen LogP contribution in [0.3, 0.4) is 0 Å². The number of hydrogen-bond donors (Lipinski definition) is 1. The Kier molecular flexibility index (Phi) is 6.27. The number of nitriles is 1. The minimum atomic E-state index is -4.17. The first-order chi connectivity index (χ1) is 17.2. The number of rotatable bonds is 8. The highest BCUT2D eigenvalue weighted by molar-refractivity contribution is 9.10. The van der Waals surface area contributed by atoms with Crippen molar-refractivity contribution in [3.63, 3.8) is 0 Å². The van der Waals surface area contributed by atoms with Crippen molar-refractivity contribution < 1.29 is 21.9 Å². The number of nitrogens with zero attached hydrogens (tertiary/aromatic N) is 5. The summed E-state index contributed by atoms with van der Waals surface area (Å²) >= 11 is 4.06. The number of halogens is 3. The van der Waals surface area contributed by atoms with Crippen molar-refractivity contribution in [1.82, 2.24) is 24.7 Å². The maximum Gasteiger partial charge on any atom is 0.291 e. The van der Waals surface area contributed by atoms with Crippen LogP contribution in [0, 0.1) is 11.3 Å². The molecule has 2 aromatic carbocycles. The van der Waals surface area contributed by atoms with Crippen LogP contribution in [0.25, 0.3) is 21.6 Å². The van der Waals surface area contributed by atoms with Gasteiger partial charge in [-0.05, 0) is 58.6 Å². The molecule has 0 unspecified atom stereocenters. The van der Waals surface area contributed by atoms with E-state index in [2.05, 4.69) is 42.4 Å². The van der Waals surface area contributed by atoms with Crippen LogP contribution < -0.4 is 4.74 Å². The van der Waals surface area contributed by atoms with E-state index in [0.29, 0.717) is 50.9 Å². The number of alkyl halides is 2. The molecule has 1 fully saturated rings. The predicted molar refractivity (Wildman–Crippen MR) is 131 cm³/mol. The zero-order valence-electron chi connectivity index (χ0n) is 18.6. The summed E-state index contributed by atoms with van der Waals surface area (Å²) in [6, 6.07) is 11.9.